The van der Waals surface area contributed by atoms with E-state index in [0.29, 0.717) is 16.7 Å². The van der Waals surface area contributed by atoms with Gasteiger partial charge < -0.3 is 10.6 Å². The molecule has 0 saturated heterocycles. The van der Waals surface area contributed by atoms with Gasteiger partial charge in [-0.1, -0.05) is 27.7 Å². The number of nitrogens with zero attached hydrogens (tertiary/aromatic N) is 2. The highest BCUT2D eigenvalue weighted by Gasteiger charge is 2.64. The quantitative estimate of drug-likeness (QED) is 0.841. The van der Waals surface area contributed by atoms with Crippen LogP contribution in [-0.4, -0.2) is 23.1 Å². The van der Waals surface area contributed by atoms with Crippen molar-refractivity contribution in [3.63, 3.8) is 0 Å². The minimum Gasteiger partial charge on any atom is -0.370 e. The Kier molecular flexibility index (Phi) is 3.21. The van der Waals surface area contributed by atoms with Gasteiger partial charge in [0, 0.05) is 19.2 Å². The zero-order valence-electron chi connectivity index (χ0n) is 12.0. The SMILES string of the molecule is CCNc1cc(NCC2C(C)(C)C2(C)C)ncn1. The fourth-order valence-electron chi connectivity index (χ4n) is 2.78. The Balaban J connectivity index is 1.94. The van der Waals surface area contributed by atoms with E-state index in [-0.39, 0.29) is 0 Å². The minimum absolute atomic E-state index is 0.414. The van der Waals surface area contributed by atoms with Gasteiger partial charge in [0.15, 0.2) is 0 Å². The van der Waals surface area contributed by atoms with Crippen molar-refractivity contribution in [1.29, 1.82) is 0 Å². The van der Waals surface area contributed by atoms with Gasteiger partial charge in [-0.15, -0.1) is 0 Å². The lowest BCUT2D eigenvalue weighted by Gasteiger charge is -2.08. The number of hydrogen-bond acceptors (Lipinski definition) is 4. The normalized spacial score (nSPS) is 20.5. The second kappa shape index (κ2) is 4.41. The van der Waals surface area contributed by atoms with Crippen molar-refractivity contribution in [2.45, 2.75) is 34.6 Å². The smallest absolute Gasteiger partial charge is 0.131 e. The molecule has 1 saturated carbocycles. The van der Waals surface area contributed by atoms with E-state index in [2.05, 4.69) is 55.2 Å². The number of hydrogen-bond donors (Lipinski definition) is 2. The number of aromatic nitrogens is 2. The van der Waals surface area contributed by atoms with E-state index in [1.165, 1.54) is 0 Å². The molecule has 0 atom stereocenters. The Morgan fingerprint density at radius 3 is 2.11 bits per heavy atom. The fourth-order valence-corrected chi connectivity index (χ4v) is 2.78. The number of anilines is 2. The highest BCUT2D eigenvalue weighted by molar-refractivity contribution is 5.46. The van der Waals surface area contributed by atoms with Crippen molar-refractivity contribution in [3.8, 4) is 0 Å². The van der Waals surface area contributed by atoms with Gasteiger partial charge in [0.2, 0.25) is 0 Å². The Morgan fingerprint density at radius 1 is 1.06 bits per heavy atom. The van der Waals surface area contributed by atoms with E-state index in [1.807, 2.05) is 6.07 Å². The molecular formula is C14H24N4. The average molecular weight is 248 g/mol. The third-order valence-corrected chi connectivity index (χ3v) is 4.83. The van der Waals surface area contributed by atoms with Gasteiger partial charge in [-0.25, -0.2) is 9.97 Å². The molecule has 0 aromatic carbocycles. The first kappa shape index (κ1) is 13.1. The predicted octanol–water partition coefficient (Wildman–Crippen LogP) is 3.00. The lowest BCUT2D eigenvalue weighted by Crippen LogP contribution is -2.10. The molecule has 2 rings (SSSR count). The number of nitrogens with one attached hydrogen (secondary N) is 2. The Labute approximate surface area is 110 Å². The molecule has 0 unspecified atom stereocenters. The zero-order valence-corrected chi connectivity index (χ0v) is 12.0. The second-order valence-electron chi connectivity index (χ2n) is 6.20. The molecule has 4 heteroatoms. The molecule has 1 heterocycles. The van der Waals surface area contributed by atoms with Crippen LogP contribution in [0.5, 0.6) is 0 Å². The summed E-state index contributed by atoms with van der Waals surface area (Å²) in [5.74, 6) is 2.48. The summed E-state index contributed by atoms with van der Waals surface area (Å²) in [5.41, 5.74) is 0.828. The largest absolute Gasteiger partial charge is 0.370 e. The topological polar surface area (TPSA) is 49.8 Å². The molecule has 4 nitrogen and oxygen atoms in total. The van der Waals surface area contributed by atoms with Gasteiger partial charge in [0.1, 0.15) is 18.0 Å². The van der Waals surface area contributed by atoms with E-state index in [9.17, 15) is 0 Å². The third kappa shape index (κ3) is 2.16. The maximum absolute atomic E-state index is 4.25. The van der Waals surface area contributed by atoms with Crippen LogP contribution in [-0.2, 0) is 0 Å². The molecule has 0 bridgehead atoms. The van der Waals surface area contributed by atoms with Crippen molar-refractivity contribution in [2.75, 3.05) is 23.7 Å². The van der Waals surface area contributed by atoms with Crippen LogP contribution >= 0.6 is 0 Å². The summed E-state index contributed by atoms with van der Waals surface area (Å²) < 4.78 is 0. The molecule has 1 aliphatic rings. The highest BCUT2D eigenvalue weighted by atomic mass is 15.1. The van der Waals surface area contributed by atoms with Crippen molar-refractivity contribution in [1.82, 2.24) is 9.97 Å². The Hall–Kier alpha value is -1.32. The summed E-state index contributed by atoms with van der Waals surface area (Å²) in [7, 11) is 0. The predicted molar refractivity (Wildman–Crippen MR) is 75.7 cm³/mol. The van der Waals surface area contributed by atoms with Crippen LogP contribution in [0.1, 0.15) is 34.6 Å². The van der Waals surface area contributed by atoms with Gasteiger partial charge in [0.25, 0.3) is 0 Å². The van der Waals surface area contributed by atoms with E-state index in [0.717, 1.165) is 24.7 Å². The first-order valence-corrected chi connectivity index (χ1v) is 6.69. The molecular weight excluding hydrogens is 224 g/mol. The number of rotatable bonds is 5. The standard InChI is InChI=1S/C14H24N4/c1-6-15-11-7-12(18-9-17-11)16-8-10-13(2,3)14(10,4)5/h7,9-10H,6,8H2,1-5H3,(H2,15,16,17,18). The third-order valence-electron chi connectivity index (χ3n) is 4.83. The van der Waals surface area contributed by atoms with Crippen molar-refractivity contribution in [2.24, 2.45) is 16.7 Å². The van der Waals surface area contributed by atoms with Gasteiger partial charge >= 0.3 is 0 Å². The molecule has 2 N–H and O–H groups in total. The molecule has 100 valence electrons. The van der Waals surface area contributed by atoms with E-state index < -0.39 is 0 Å². The molecule has 0 radical (unpaired) electrons. The maximum Gasteiger partial charge on any atom is 0.131 e. The molecule has 0 aliphatic heterocycles. The minimum atomic E-state index is 0.414. The van der Waals surface area contributed by atoms with Crippen LogP contribution < -0.4 is 10.6 Å². The summed E-state index contributed by atoms with van der Waals surface area (Å²) in [6.45, 7) is 13.3. The molecule has 0 spiro atoms. The average Bonchev–Trinajstić information content (AvgIpc) is 2.68. The van der Waals surface area contributed by atoms with Crippen LogP contribution in [0.25, 0.3) is 0 Å². The Morgan fingerprint density at radius 2 is 1.61 bits per heavy atom. The molecule has 1 fully saturated rings. The van der Waals surface area contributed by atoms with Crippen LogP contribution in [0.3, 0.4) is 0 Å². The van der Waals surface area contributed by atoms with Gasteiger partial charge in [-0.05, 0) is 23.7 Å². The molecule has 1 aliphatic carbocycles. The first-order valence-electron chi connectivity index (χ1n) is 6.69. The second-order valence-corrected chi connectivity index (χ2v) is 6.20. The van der Waals surface area contributed by atoms with Gasteiger partial charge in [0.05, 0.1) is 0 Å². The molecule has 1 aromatic heterocycles. The Bertz CT molecular complexity index is 412. The molecule has 0 amide bonds. The van der Waals surface area contributed by atoms with E-state index in [4.69, 9.17) is 0 Å². The summed E-state index contributed by atoms with van der Waals surface area (Å²) in [6, 6.07) is 1.96. The maximum atomic E-state index is 4.25. The summed E-state index contributed by atoms with van der Waals surface area (Å²) in [4.78, 5) is 8.42. The summed E-state index contributed by atoms with van der Waals surface area (Å²) in [5, 5.41) is 6.62. The van der Waals surface area contributed by atoms with Gasteiger partial charge in [-0.3, -0.25) is 0 Å². The molecule has 18 heavy (non-hydrogen) atoms. The fraction of sp³-hybridized carbons (Fsp3) is 0.714. The van der Waals surface area contributed by atoms with Crippen LogP contribution in [0, 0.1) is 16.7 Å². The van der Waals surface area contributed by atoms with Gasteiger partial charge in [-0.2, -0.15) is 0 Å². The van der Waals surface area contributed by atoms with Crippen LogP contribution in [0.4, 0.5) is 11.6 Å². The lowest BCUT2D eigenvalue weighted by atomic mass is 10.0. The van der Waals surface area contributed by atoms with E-state index in [1.54, 1.807) is 6.33 Å². The van der Waals surface area contributed by atoms with Crippen LogP contribution in [0.2, 0.25) is 0 Å². The first-order chi connectivity index (χ1) is 8.39. The van der Waals surface area contributed by atoms with Crippen molar-refractivity contribution >= 4 is 11.6 Å². The summed E-state index contributed by atoms with van der Waals surface area (Å²) in [6.07, 6.45) is 1.60. The monoisotopic (exact) mass is 248 g/mol. The highest BCUT2D eigenvalue weighted by Crippen LogP contribution is 2.68. The van der Waals surface area contributed by atoms with Crippen molar-refractivity contribution in [3.05, 3.63) is 12.4 Å². The van der Waals surface area contributed by atoms with Crippen molar-refractivity contribution < 1.29 is 0 Å². The lowest BCUT2D eigenvalue weighted by molar-refractivity contribution is 0.457. The summed E-state index contributed by atoms with van der Waals surface area (Å²) >= 11 is 0. The van der Waals surface area contributed by atoms with E-state index >= 15 is 0 Å². The zero-order chi connectivity index (χ0) is 13.4. The molecule has 1 aromatic rings. The van der Waals surface area contributed by atoms with Crippen LogP contribution in [0.15, 0.2) is 12.4 Å².